The fourth-order valence-corrected chi connectivity index (χ4v) is 2.65. The molecule has 0 aliphatic heterocycles. The summed E-state index contributed by atoms with van der Waals surface area (Å²) < 4.78 is 25.0. The topological polar surface area (TPSA) is 156 Å². The molecule has 0 radical (unpaired) electrons. The molecule has 0 aromatic heterocycles. The first-order chi connectivity index (χ1) is 9.09. The molecule has 116 valence electrons. The number of nitrogens with two attached hydrogens (primary N) is 1. The Bertz CT molecular complexity index is 475. The van der Waals surface area contributed by atoms with Gasteiger partial charge in [0.25, 0.3) is 0 Å². The summed E-state index contributed by atoms with van der Waals surface area (Å²) in [4.78, 5) is 33.2. The number of primary amides is 1. The second-order valence-electron chi connectivity index (χ2n) is 4.23. The highest BCUT2D eigenvalue weighted by atomic mass is 32.2. The van der Waals surface area contributed by atoms with E-state index in [1.54, 1.807) is 6.92 Å². The molecular weight excluding hydrogens is 290 g/mol. The van der Waals surface area contributed by atoms with Crippen LogP contribution < -0.4 is 15.8 Å². The minimum Gasteiger partial charge on any atom is -0.480 e. The predicted molar refractivity (Wildman–Crippen MR) is 70.1 cm³/mol. The maximum absolute atomic E-state index is 11.7. The number of nitrogens with one attached hydrogen (secondary N) is 2. The van der Waals surface area contributed by atoms with Crippen LogP contribution in [0.15, 0.2) is 0 Å². The van der Waals surface area contributed by atoms with Crippen LogP contribution in [0.5, 0.6) is 0 Å². The summed E-state index contributed by atoms with van der Waals surface area (Å²) in [6.45, 7) is 2.93. The van der Waals surface area contributed by atoms with Crippen LogP contribution >= 0.6 is 0 Å². The zero-order chi connectivity index (χ0) is 15.9. The summed E-state index contributed by atoms with van der Waals surface area (Å²) in [6, 6.07) is -2.64. The third-order valence-corrected chi connectivity index (χ3v) is 3.90. The molecule has 2 amide bonds. The van der Waals surface area contributed by atoms with Gasteiger partial charge in [-0.3, -0.25) is 9.59 Å². The molecule has 9 nitrogen and oxygen atoms in total. The van der Waals surface area contributed by atoms with Gasteiger partial charge in [0, 0.05) is 0 Å². The Morgan fingerprint density at radius 3 is 2.25 bits per heavy atom. The second-order valence-corrected chi connectivity index (χ2v) is 6.10. The third kappa shape index (κ3) is 7.04. The van der Waals surface area contributed by atoms with E-state index >= 15 is 0 Å². The van der Waals surface area contributed by atoms with E-state index < -0.39 is 46.3 Å². The number of carboxylic acid groups (broad SMARTS) is 1. The van der Waals surface area contributed by atoms with Crippen LogP contribution in [0.2, 0.25) is 0 Å². The molecule has 0 aliphatic carbocycles. The van der Waals surface area contributed by atoms with Gasteiger partial charge < -0.3 is 16.2 Å². The van der Waals surface area contributed by atoms with Gasteiger partial charge >= 0.3 is 5.97 Å². The average molecular weight is 309 g/mol. The molecular formula is C10H19N3O6S. The standard InChI is InChI=1S/C10H19N3O6S/c1-3-4-20(18,19)13-6(2)9(15)12-7(10(16)17)5-8(11)14/h6-7,13H,3-5H2,1-2H3,(H2,11,14)(H,12,15)(H,16,17). The van der Waals surface area contributed by atoms with Crippen molar-refractivity contribution in [1.29, 1.82) is 0 Å². The monoisotopic (exact) mass is 309 g/mol. The summed E-state index contributed by atoms with van der Waals surface area (Å²) >= 11 is 0. The molecule has 5 N–H and O–H groups in total. The summed E-state index contributed by atoms with van der Waals surface area (Å²) in [5, 5.41) is 10.9. The van der Waals surface area contributed by atoms with E-state index in [0.717, 1.165) is 0 Å². The molecule has 0 aromatic rings. The van der Waals surface area contributed by atoms with Crippen LogP contribution in [0.1, 0.15) is 26.7 Å². The minimum absolute atomic E-state index is 0.145. The molecule has 0 rings (SSSR count). The second kappa shape index (κ2) is 7.80. The highest BCUT2D eigenvalue weighted by molar-refractivity contribution is 7.89. The van der Waals surface area contributed by atoms with Crippen molar-refractivity contribution < 1.29 is 27.9 Å². The summed E-state index contributed by atoms with van der Waals surface area (Å²) in [5.74, 6) is -3.31. The van der Waals surface area contributed by atoms with Gasteiger partial charge in [0.2, 0.25) is 21.8 Å². The van der Waals surface area contributed by atoms with Crippen LogP contribution in [0.4, 0.5) is 0 Å². The largest absolute Gasteiger partial charge is 0.480 e. The maximum atomic E-state index is 11.7. The number of carboxylic acids is 1. The number of sulfonamides is 1. The van der Waals surface area contributed by atoms with Gasteiger partial charge in [-0.15, -0.1) is 0 Å². The van der Waals surface area contributed by atoms with Gasteiger partial charge in [0.15, 0.2) is 0 Å². The number of rotatable bonds is 9. The predicted octanol–water partition coefficient (Wildman–Crippen LogP) is -1.85. The van der Waals surface area contributed by atoms with Crippen molar-refractivity contribution in [2.45, 2.75) is 38.8 Å². The summed E-state index contributed by atoms with van der Waals surface area (Å²) in [5.41, 5.74) is 4.86. The lowest BCUT2D eigenvalue weighted by Gasteiger charge is -2.17. The minimum atomic E-state index is -3.60. The van der Waals surface area contributed by atoms with Gasteiger partial charge in [-0.25, -0.2) is 17.9 Å². The molecule has 20 heavy (non-hydrogen) atoms. The van der Waals surface area contributed by atoms with Crippen molar-refractivity contribution in [3.05, 3.63) is 0 Å². The molecule has 2 unspecified atom stereocenters. The Morgan fingerprint density at radius 1 is 1.30 bits per heavy atom. The fraction of sp³-hybridized carbons (Fsp3) is 0.700. The lowest BCUT2D eigenvalue weighted by atomic mass is 10.2. The summed E-state index contributed by atoms with van der Waals surface area (Å²) in [7, 11) is -3.60. The molecule has 0 aliphatic rings. The molecule has 0 bridgehead atoms. The van der Waals surface area contributed by atoms with Crippen molar-refractivity contribution in [2.24, 2.45) is 5.73 Å². The molecule has 10 heteroatoms. The van der Waals surface area contributed by atoms with Crippen LogP contribution in [-0.4, -0.2) is 49.1 Å². The van der Waals surface area contributed by atoms with Crippen molar-refractivity contribution in [2.75, 3.05) is 5.75 Å². The zero-order valence-corrected chi connectivity index (χ0v) is 12.1. The van der Waals surface area contributed by atoms with Gasteiger partial charge in [-0.05, 0) is 13.3 Å². The van der Waals surface area contributed by atoms with E-state index in [9.17, 15) is 22.8 Å². The van der Waals surface area contributed by atoms with Crippen molar-refractivity contribution >= 4 is 27.8 Å². The molecule has 0 saturated heterocycles. The highest BCUT2D eigenvalue weighted by Crippen LogP contribution is 1.96. The van der Waals surface area contributed by atoms with Crippen molar-refractivity contribution in [3.8, 4) is 0 Å². The number of amides is 2. The van der Waals surface area contributed by atoms with Gasteiger partial charge in [0.1, 0.15) is 6.04 Å². The molecule has 2 atom stereocenters. The van der Waals surface area contributed by atoms with Crippen LogP contribution in [0.25, 0.3) is 0 Å². The van der Waals surface area contributed by atoms with E-state index in [-0.39, 0.29) is 5.75 Å². The first-order valence-electron chi connectivity index (χ1n) is 5.90. The van der Waals surface area contributed by atoms with Crippen molar-refractivity contribution in [3.63, 3.8) is 0 Å². The van der Waals surface area contributed by atoms with Crippen LogP contribution in [0, 0.1) is 0 Å². The van der Waals surface area contributed by atoms with E-state index in [1.807, 2.05) is 5.32 Å². The Kier molecular flexibility index (Phi) is 7.14. The van der Waals surface area contributed by atoms with Gasteiger partial charge in [0.05, 0.1) is 18.2 Å². The smallest absolute Gasteiger partial charge is 0.326 e. The van der Waals surface area contributed by atoms with Crippen molar-refractivity contribution in [1.82, 2.24) is 10.0 Å². The third-order valence-electron chi connectivity index (χ3n) is 2.24. The molecule has 0 spiro atoms. The fourth-order valence-electron chi connectivity index (χ4n) is 1.35. The SMILES string of the molecule is CCCS(=O)(=O)NC(C)C(=O)NC(CC(N)=O)C(=O)O. The Hall–Kier alpha value is -1.68. The molecule has 0 heterocycles. The first kappa shape index (κ1) is 18.3. The van der Waals surface area contributed by atoms with E-state index in [1.165, 1.54) is 6.92 Å². The number of hydrogen-bond donors (Lipinski definition) is 4. The Balaban J connectivity index is 4.65. The average Bonchev–Trinajstić information content (AvgIpc) is 2.26. The lowest BCUT2D eigenvalue weighted by molar-refractivity contribution is -0.143. The summed E-state index contributed by atoms with van der Waals surface area (Å²) in [6.07, 6.45) is -0.196. The van der Waals surface area contributed by atoms with Crippen LogP contribution in [0.3, 0.4) is 0 Å². The molecule has 0 fully saturated rings. The zero-order valence-electron chi connectivity index (χ0n) is 11.3. The molecule has 0 aromatic carbocycles. The normalized spacial score (nSPS) is 14.3. The van der Waals surface area contributed by atoms with Crippen LogP contribution in [-0.2, 0) is 24.4 Å². The lowest BCUT2D eigenvalue weighted by Crippen LogP contribution is -2.51. The molecule has 0 saturated carbocycles. The Labute approximate surface area is 117 Å². The maximum Gasteiger partial charge on any atom is 0.326 e. The number of aliphatic carboxylic acids is 1. The van der Waals surface area contributed by atoms with E-state index in [2.05, 4.69) is 4.72 Å². The quantitative estimate of drug-likeness (QED) is 0.391. The number of carbonyl (C=O) groups is 3. The van der Waals surface area contributed by atoms with Gasteiger partial charge in [-0.2, -0.15) is 0 Å². The number of carbonyl (C=O) groups excluding carboxylic acids is 2. The Morgan fingerprint density at radius 2 is 1.85 bits per heavy atom. The number of hydrogen-bond acceptors (Lipinski definition) is 5. The highest BCUT2D eigenvalue weighted by Gasteiger charge is 2.26. The first-order valence-corrected chi connectivity index (χ1v) is 7.55. The van der Waals surface area contributed by atoms with E-state index in [0.29, 0.717) is 6.42 Å². The van der Waals surface area contributed by atoms with Gasteiger partial charge in [-0.1, -0.05) is 6.92 Å². The van der Waals surface area contributed by atoms with E-state index in [4.69, 9.17) is 10.8 Å².